The Balaban J connectivity index is 2.51. The first-order chi connectivity index (χ1) is 5.13. The molecule has 0 saturated carbocycles. The summed E-state index contributed by atoms with van der Waals surface area (Å²) in [5.41, 5.74) is 0. The van der Waals surface area contributed by atoms with Crippen molar-refractivity contribution in [3.63, 3.8) is 0 Å². The van der Waals surface area contributed by atoms with E-state index in [1.54, 1.807) is 6.92 Å². The fourth-order valence-corrected chi connectivity index (χ4v) is 1.38. The van der Waals surface area contributed by atoms with Crippen LogP contribution in [-0.2, 0) is 0 Å². The molecule has 1 fully saturated rings. The summed E-state index contributed by atoms with van der Waals surface area (Å²) in [5.74, 6) is -0.251. The Hall–Kier alpha value is -0.160. The van der Waals surface area contributed by atoms with Gasteiger partial charge in [0.05, 0.1) is 18.3 Å². The summed E-state index contributed by atoms with van der Waals surface area (Å²) in [6, 6.07) is 0. The Kier molecular flexibility index (Phi) is 2.84. The first kappa shape index (κ1) is 8.93. The number of hydrogen-bond acceptors (Lipinski definition) is 4. The van der Waals surface area contributed by atoms with Gasteiger partial charge >= 0.3 is 0 Å². The molecule has 4 N–H and O–H groups in total. The highest BCUT2D eigenvalue weighted by molar-refractivity contribution is 4.86. The van der Waals surface area contributed by atoms with Crippen LogP contribution in [0.15, 0.2) is 0 Å². The smallest absolute Gasteiger partial charge is 0.0927 e. The molecule has 0 amide bonds. The number of aliphatic hydroxyl groups excluding tert-OH is 3. The molecule has 1 heterocycles. The van der Waals surface area contributed by atoms with Crippen molar-refractivity contribution in [3.05, 3.63) is 0 Å². The molecule has 0 aromatic heterocycles. The van der Waals surface area contributed by atoms with Gasteiger partial charge in [0.25, 0.3) is 0 Å². The molecular weight excluding hydrogens is 146 g/mol. The zero-order chi connectivity index (χ0) is 8.43. The van der Waals surface area contributed by atoms with Crippen LogP contribution in [0.5, 0.6) is 0 Å². The Morgan fingerprint density at radius 3 is 2.45 bits per heavy atom. The highest BCUT2D eigenvalue weighted by Gasteiger charge is 2.32. The van der Waals surface area contributed by atoms with E-state index in [1.807, 2.05) is 0 Å². The van der Waals surface area contributed by atoms with Gasteiger partial charge in [0.2, 0.25) is 0 Å². The predicted molar refractivity (Wildman–Crippen MR) is 40.1 cm³/mol. The zero-order valence-corrected chi connectivity index (χ0v) is 6.57. The van der Waals surface area contributed by atoms with Gasteiger partial charge in [-0.05, 0) is 6.92 Å². The van der Waals surface area contributed by atoms with Crippen molar-refractivity contribution >= 4 is 0 Å². The largest absolute Gasteiger partial charge is 0.393 e. The summed E-state index contributed by atoms with van der Waals surface area (Å²) in [5, 5.41) is 30.6. The van der Waals surface area contributed by atoms with Crippen LogP contribution in [0, 0.1) is 5.92 Å². The Morgan fingerprint density at radius 1 is 1.36 bits per heavy atom. The van der Waals surface area contributed by atoms with E-state index in [2.05, 4.69) is 5.32 Å². The van der Waals surface area contributed by atoms with Crippen molar-refractivity contribution in [1.82, 2.24) is 5.32 Å². The van der Waals surface area contributed by atoms with Crippen LogP contribution in [0.3, 0.4) is 0 Å². The number of nitrogens with one attached hydrogen (secondary N) is 1. The second-order valence-electron chi connectivity index (χ2n) is 3.12. The van der Waals surface area contributed by atoms with Crippen LogP contribution in [0.1, 0.15) is 6.92 Å². The molecule has 0 aliphatic carbocycles. The summed E-state index contributed by atoms with van der Waals surface area (Å²) in [6.45, 7) is 2.59. The number of piperidine rings is 1. The lowest BCUT2D eigenvalue weighted by molar-refractivity contribution is -0.0693. The number of aliphatic hydroxyl groups is 3. The zero-order valence-electron chi connectivity index (χ0n) is 6.57. The van der Waals surface area contributed by atoms with Gasteiger partial charge in [-0.3, -0.25) is 0 Å². The lowest BCUT2D eigenvalue weighted by Crippen LogP contribution is -2.53. The molecule has 0 unspecified atom stereocenters. The lowest BCUT2D eigenvalue weighted by atomic mass is 9.90. The van der Waals surface area contributed by atoms with Crippen molar-refractivity contribution < 1.29 is 15.3 Å². The van der Waals surface area contributed by atoms with E-state index in [0.29, 0.717) is 13.1 Å². The van der Waals surface area contributed by atoms with Crippen LogP contribution in [0.25, 0.3) is 0 Å². The maximum absolute atomic E-state index is 9.36. The SMILES string of the molecule is C[C@H](O)[C@H]1CNC[C@@H](O)[C@@H]1O. The Labute approximate surface area is 65.9 Å². The molecule has 0 radical (unpaired) electrons. The predicted octanol–water partition coefficient (Wildman–Crippen LogP) is -1.69. The van der Waals surface area contributed by atoms with E-state index in [9.17, 15) is 10.2 Å². The van der Waals surface area contributed by atoms with Crippen LogP contribution in [-0.4, -0.2) is 46.7 Å². The van der Waals surface area contributed by atoms with E-state index in [-0.39, 0.29) is 5.92 Å². The monoisotopic (exact) mass is 161 g/mol. The highest BCUT2D eigenvalue weighted by Crippen LogP contribution is 2.15. The average Bonchev–Trinajstić information content (AvgIpc) is 1.94. The van der Waals surface area contributed by atoms with Gasteiger partial charge in [-0.25, -0.2) is 0 Å². The normalized spacial score (nSPS) is 42.0. The molecule has 0 aromatic rings. The average molecular weight is 161 g/mol. The van der Waals surface area contributed by atoms with Gasteiger partial charge in [0, 0.05) is 19.0 Å². The van der Waals surface area contributed by atoms with Crippen molar-refractivity contribution in [2.24, 2.45) is 5.92 Å². The number of β-amino-alcohol motifs (C(OH)–C–C–N with tert-alkyl or cyclic N) is 1. The van der Waals surface area contributed by atoms with Gasteiger partial charge in [-0.2, -0.15) is 0 Å². The van der Waals surface area contributed by atoms with Crippen molar-refractivity contribution in [3.8, 4) is 0 Å². The van der Waals surface area contributed by atoms with Gasteiger partial charge in [0.1, 0.15) is 0 Å². The van der Waals surface area contributed by atoms with E-state index < -0.39 is 18.3 Å². The minimum atomic E-state index is -0.795. The fourth-order valence-electron chi connectivity index (χ4n) is 1.38. The first-order valence-corrected chi connectivity index (χ1v) is 3.88. The van der Waals surface area contributed by atoms with Crippen LogP contribution in [0.4, 0.5) is 0 Å². The van der Waals surface area contributed by atoms with Crippen LogP contribution < -0.4 is 5.32 Å². The van der Waals surface area contributed by atoms with Gasteiger partial charge < -0.3 is 20.6 Å². The van der Waals surface area contributed by atoms with Crippen LogP contribution >= 0.6 is 0 Å². The minimum absolute atomic E-state index is 0.251. The summed E-state index contributed by atoms with van der Waals surface area (Å²) < 4.78 is 0. The van der Waals surface area contributed by atoms with E-state index in [1.165, 1.54) is 0 Å². The first-order valence-electron chi connectivity index (χ1n) is 3.88. The minimum Gasteiger partial charge on any atom is -0.393 e. The topological polar surface area (TPSA) is 72.7 Å². The third-order valence-corrected chi connectivity index (χ3v) is 2.19. The maximum atomic E-state index is 9.36. The molecular formula is C7H15NO3. The fraction of sp³-hybridized carbons (Fsp3) is 1.00. The van der Waals surface area contributed by atoms with Gasteiger partial charge in [-0.15, -0.1) is 0 Å². The molecule has 1 saturated heterocycles. The number of rotatable bonds is 1. The Morgan fingerprint density at radius 2 is 2.00 bits per heavy atom. The summed E-state index contributed by atoms with van der Waals surface area (Å²) in [6.07, 6.45) is -2.12. The number of hydrogen-bond donors (Lipinski definition) is 4. The molecule has 4 atom stereocenters. The third-order valence-electron chi connectivity index (χ3n) is 2.19. The molecule has 4 nitrogen and oxygen atoms in total. The highest BCUT2D eigenvalue weighted by atomic mass is 16.3. The van der Waals surface area contributed by atoms with Crippen LogP contribution in [0.2, 0.25) is 0 Å². The van der Waals surface area contributed by atoms with E-state index in [0.717, 1.165) is 0 Å². The second-order valence-corrected chi connectivity index (χ2v) is 3.12. The quantitative estimate of drug-likeness (QED) is 0.370. The molecule has 1 aliphatic rings. The van der Waals surface area contributed by atoms with E-state index >= 15 is 0 Å². The standard InChI is InChI=1S/C7H15NO3/c1-4(9)5-2-8-3-6(10)7(5)11/h4-11H,2-3H2,1H3/t4-,5+,6+,7+/m0/s1. The van der Waals surface area contributed by atoms with Crippen molar-refractivity contribution in [2.75, 3.05) is 13.1 Å². The van der Waals surface area contributed by atoms with Crippen molar-refractivity contribution in [2.45, 2.75) is 25.2 Å². The van der Waals surface area contributed by atoms with Gasteiger partial charge in [0.15, 0.2) is 0 Å². The van der Waals surface area contributed by atoms with Gasteiger partial charge in [-0.1, -0.05) is 0 Å². The molecule has 0 bridgehead atoms. The summed E-state index contributed by atoms with van der Waals surface area (Å²) in [4.78, 5) is 0. The summed E-state index contributed by atoms with van der Waals surface area (Å²) >= 11 is 0. The summed E-state index contributed by atoms with van der Waals surface area (Å²) in [7, 11) is 0. The second kappa shape index (κ2) is 3.49. The lowest BCUT2D eigenvalue weighted by Gasteiger charge is -2.34. The molecule has 66 valence electrons. The maximum Gasteiger partial charge on any atom is 0.0927 e. The Bertz CT molecular complexity index is 129. The van der Waals surface area contributed by atoms with E-state index in [4.69, 9.17) is 5.11 Å². The molecule has 11 heavy (non-hydrogen) atoms. The molecule has 4 heteroatoms. The third kappa shape index (κ3) is 1.90. The molecule has 0 spiro atoms. The van der Waals surface area contributed by atoms with Crippen molar-refractivity contribution in [1.29, 1.82) is 0 Å². The molecule has 1 rings (SSSR count). The molecule has 0 aromatic carbocycles. The molecule has 1 aliphatic heterocycles.